The van der Waals surface area contributed by atoms with E-state index in [1.165, 1.54) is 0 Å². The van der Waals surface area contributed by atoms with Crippen molar-refractivity contribution >= 4 is 0 Å². The third-order valence-corrected chi connectivity index (χ3v) is 3.38. The Labute approximate surface area is 118 Å². The summed E-state index contributed by atoms with van der Waals surface area (Å²) in [7, 11) is 2.11. The highest BCUT2D eigenvalue weighted by atomic mass is 16.3. The van der Waals surface area contributed by atoms with Gasteiger partial charge in [-0.15, -0.1) is 0 Å². The normalized spacial score (nSPS) is 15.8. The van der Waals surface area contributed by atoms with Crippen LogP contribution in [0.4, 0.5) is 0 Å². The summed E-state index contributed by atoms with van der Waals surface area (Å²) < 4.78 is 0. The molecule has 1 N–H and O–H groups in total. The van der Waals surface area contributed by atoms with Crippen molar-refractivity contribution in [3.8, 4) is 0 Å². The highest BCUT2D eigenvalue weighted by Crippen LogP contribution is 2.28. The Kier molecular flexibility index (Phi) is 5.57. The van der Waals surface area contributed by atoms with Crippen molar-refractivity contribution in [2.45, 2.75) is 46.8 Å². The molecule has 0 spiro atoms. The van der Waals surface area contributed by atoms with Crippen molar-refractivity contribution in [3.63, 3.8) is 0 Å². The monoisotopic (exact) mass is 263 g/mol. The summed E-state index contributed by atoms with van der Waals surface area (Å²) in [4.78, 5) is 2.29. The first-order valence-corrected chi connectivity index (χ1v) is 7.15. The molecule has 1 aromatic rings. The molecule has 0 fully saturated rings. The highest BCUT2D eigenvalue weighted by Gasteiger charge is 2.29. The second kappa shape index (κ2) is 6.53. The number of nitrogens with zero attached hydrogens (tertiary/aromatic N) is 1. The van der Waals surface area contributed by atoms with Crippen molar-refractivity contribution in [2.75, 3.05) is 13.6 Å². The summed E-state index contributed by atoms with van der Waals surface area (Å²) in [6.07, 6.45) is -0.437. The molecule has 1 aromatic carbocycles. The topological polar surface area (TPSA) is 23.5 Å². The van der Waals surface area contributed by atoms with E-state index in [9.17, 15) is 5.11 Å². The summed E-state index contributed by atoms with van der Waals surface area (Å²) in [5.74, 6) is 0.405. The summed E-state index contributed by atoms with van der Waals surface area (Å²) in [6, 6.07) is 10.1. The van der Waals surface area contributed by atoms with Gasteiger partial charge in [0.15, 0.2) is 0 Å². The lowest BCUT2D eigenvalue weighted by molar-refractivity contribution is 0.0216. The fraction of sp³-hybridized carbons (Fsp3) is 0.647. The van der Waals surface area contributed by atoms with Crippen LogP contribution in [-0.4, -0.2) is 29.6 Å². The van der Waals surface area contributed by atoms with Gasteiger partial charge >= 0.3 is 0 Å². The van der Waals surface area contributed by atoms with Crippen molar-refractivity contribution < 1.29 is 5.11 Å². The third kappa shape index (κ3) is 4.96. The molecule has 108 valence electrons. The molecule has 2 unspecified atom stereocenters. The summed E-state index contributed by atoms with van der Waals surface area (Å²) in [5, 5.41) is 10.7. The van der Waals surface area contributed by atoms with E-state index in [4.69, 9.17) is 0 Å². The van der Waals surface area contributed by atoms with Gasteiger partial charge in [-0.1, -0.05) is 65.0 Å². The minimum Gasteiger partial charge on any atom is -0.387 e. The first-order chi connectivity index (χ1) is 8.72. The standard InChI is InChI=1S/C17H29NO/c1-13(2)15(18(6)12-17(3,4)5)16(19)14-10-8-7-9-11-14/h7-11,13,15-16,19H,12H2,1-6H3. The zero-order chi connectivity index (χ0) is 14.6. The highest BCUT2D eigenvalue weighted by molar-refractivity contribution is 5.19. The van der Waals surface area contributed by atoms with Crippen LogP contribution in [0.3, 0.4) is 0 Å². The minimum absolute atomic E-state index is 0.140. The van der Waals surface area contributed by atoms with E-state index in [0.29, 0.717) is 5.92 Å². The van der Waals surface area contributed by atoms with Crippen LogP contribution in [0.2, 0.25) is 0 Å². The van der Waals surface area contributed by atoms with Gasteiger partial charge in [0, 0.05) is 12.6 Å². The van der Waals surface area contributed by atoms with Gasteiger partial charge in [0.05, 0.1) is 6.10 Å². The molecule has 0 aliphatic heterocycles. The minimum atomic E-state index is -0.437. The molecule has 0 bridgehead atoms. The first-order valence-electron chi connectivity index (χ1n) is 7.15. The number of hydrogen-bond donors (Lipinski definition) is 1. The second-order valence-corrected chi connectivity index (χ2v) is 7.07. The Morgan fingerprint density at radius 2 is 1.63 bits per heavy atom. The summed E-state index contributed by atoms with van der Waals surface area (Å²) in [6.45, 7) is 12.0. The first kappa shape index (κ1) is 16.2. The van der Waals surface area contributed by atoms with Crippen molar-refractivity contribution in [1.29, 1.82) is 0 Å². The molecular formula is C17H29NO. The maximum absolute atomic E-state index is 10.7. The van der Waals surface area contributed by atoms with Crippen LogP contribution in [0.25, 0.3) is 0 Å². The molecule has 0 heterocycles. The molecule has 0 saturated carbocycles. The third-order valence-electron chi connectivity index (χ3n) is 3.38. The fourth-order valence-electron chi connectivity index (χ4n) is 2.82. The Bertz CT molecular complexity index is 367. The number of aliphatic hydroxyl groups is 1. The fourth-order valence-corrected chi connectivity index (χ4v) is 2.82. The smallest absolute Gasteiger partial charge is 0.0947 e. The van der Waals surface area contributed by atoms with E-state index in [1.54, 1.807) is 0 Å². The molecule has 2 heteroatoms. The quantitative estimate of drug-likeness (QED) is 0.875. The van der Waals surface area contributed by atoms with Crippen molar-refractivity contribution in [2.24, 2.45) is 11.3 Å². The molecule has 19 heavy (non-hydrogen) atoms. The molecule has 0 radical (unpaired) electrons. The Hall–Kier alpha value is -0.860. The molecule has 0 aromatic heterocycles. The van der Waals surface area contributed by atoms with Crippen LogP contribution >= 0.6 is 0 Å². The van der Waals surface area contributed by atoms with Gasteiger partial charge in [-0.2, -0.15) is 0 Å². The molecule has 0 saturated heterocycles. The average molecular weight is 263 g/mol. The van der Waals surface area contributed by atoms with E-state index in [0.717, 1.165) is 12.1 Å². The molecular weight excluding hydrogens is 234 g/mol. The molecule has 0 aliphatic rings. The van der Waals surface area contributed by atoms with Gasteiger partial charge in [0.25, 0.3) is 0 Å². The Morgan fingerprint density at radius 1 is 1.11 bits per heavy atom. The van der Waals surface area contributed by atoms with E-state index in [-0.39, 0.29) is 11.5 Å². The van der Waals surface area contributed by atoms with Crippen LogP contribution in [0.15, 0.2) is 30.3 Å². The number of aliphatic hydroxyl groups excluding tert-OH is 1. The number of hydrogen-bond acceptors (Lipinski definition) is 2. The molecule has 0 amide bonds. The van der Waals surface area contributed by atoms with E-state index < -0.39 is 6.10 Å². The van der Waals surface area contributed by atoms with Crippen molar-refractivity contribution in [3.05, 3.63) is 35.9 Å². The van der Waals surface area contributed by atoms with Gasteiger partial charge in [-0.05, 0) is 23.9 Å². The van der Waals surface area contributed by atoms with Gasteiger partial charge in [-0.25, -0.2) is 0 Å². The van der Waals surface area contributed by atoms with Crippen LogP contribution in [0.1, 0.15) is 46.3 Å². The largest absolute Gasteiger partial charge is 0.387 e. The molecule has 1 rings (SSSR count). The van der Waals surface area contributed by atoms with Crippen LogP contribution in [0, 0.1) is 11.3 Å². The van der Waals surface area contributed by atoms with E-state index in [2.05, 4.69) is 46.6 Å². The lowest BCUT2D eigenvalue weighted by atomic mass is 9.89. The van der Waals surface area contributed by atoms with Gasteiger partial charge in [0.1, 0.15) is 0 Å². The van der Waals surface area contributed by atoms with Crippen molar-refractivity contribution in [1.82, 2.24) is 4.90 Å². The van der Waals surface area contributed by atoms with Crippen LogP contribution < -0.4 is 0 Å². The lowest BCUT2D eigenvalue weighted by Gasteiger charge is -2.38. The Morgan fingerprint density at radius 3 is 2.05 bits per heavy atom. The zero-order valence-electron chi connectivity index (χ0n) is 13.2. The van der Waals surface area contributed by atoms with E-state index in [1.807, 2.05) is 30.3 Å². The molecule has 2 atom stereocenters. The average Bonchev–Trinajstić information content (AvgIpc) is 2.27. The van der Waals surface area contributed by atoms with Gasteiger partial charge in [0.2, 0.25) is 0 Å². The maximum atomic E-state index is 10.7. The lowest BCUT2D eigenvalue weighted by Crippen LogP contribution is -2.44. The SMILES string of the molecule is CC(C)C(C(O)c1ccccc1)N(C)CC(C)(C)C. The number of rotatable bonds is 5. The van der Waals surface area contributed by atoms with Gasteiger partial charge < -0.3 is 5.11 Å². The number of likely N-dealkylation sites (N-methyl/N-ethyl adjacent to an activating group) is 1. The number of benzene rings is 1. The predicted octanol–water partition coefficient (Wildman–Crippen LogP) is 3.72. The Balaban J connectivity index is 2.89. The predicted molar refractivity (Wildman–Crippen MR) is 82.1 cm³/mol. The summed E-state index contributed by atoms with van der Waals surface area (Å²) in [5.41, 5.74) is 1.24. The van der Waals surface area contributed by atoms with Crippen LogP contribution in [0.5, 0.6) is 0 Å². The summed E-state index contributed by atoms with van der Waals surface area (Å²) >= 11 is 0. The molecule has 2 nitrogen and oxygen atoms in total. The van der Waals surface area contributed by atoms with Crippen LogP contribution in [-0.2, 0) is 0 Å². The van der Waals surface area contributed by atoms with E-state index >= 15 is 0 Å². The van der Waals surface area contributed by atoms with Gasteiger partial charge in [-0.3, -0.25) is 4.90 Å². The maximum Gasteiger partial charge on any atom is 0.0947 e. The zero-order valence-corrected chi connectivity index (χ0v) is 13.2. The molecule has 0 aliphatic carbocycles. The second-order valence-electron chi connectivity index (χ2n) is 7.07.